The molecule has 0 saturated carbocycles. The standard InChI is InChI=1S/C28H35NO4/c1-21(7-5-6-10-22-8-3-2-4-9-22)26(30)17-15-25-16-18-27(31)29(25)20-19-23-11-13-24(14-12-23)28(32)33/h2-4,8-9,11-15,17,21,25-26,30H,5-7,10,16,18-20H2,1H3,(H,32,33)/b17-15+/t21-,25-,26+/m0/s1. The average molecular weight is 450 g/mol. The summed E-state index contributed by atoms with van der Waals surface area (Å²) in [5.74, 6) is -0.629. The Kier molecular flexibility index (Phi) is 9.25. The number of hydrogen-bond acceptors (Lipinski definition) is 3. The predicted octanol–water partition coefficient (Wildman–Crippen LogP) is 4.88. The van der Waals surface area contributed by atoms with Crippen molar-refractivity contribution >= 4 is 11.9 Å². The highest BCUT2D eigenvalue weighted by Crippen LogP contribution is 2.22. The van der Waals surface area contributed by atoms with Crippen LogP contribution in [0.1, 0.15) is 60.5 Å². The predicted molar refractivity (Wildman–Crippen MR) is 130 cm³/mol. The van der Waals surface area contributed by atoms with Gasteiger partial charge >= 0.3 is 5.97 Å². The van der Waals surface area contributed by atoms with Crippen molar-refractivity contribution in [3.05, 3.63) is 83.4 Å². The molecule has 5 nitrogen and oxygen atoms in total. The number of carbonyl (C=O) groups is 2. The van der Waals surface area contributed by atoms with Gasteiger partial charge in [0.2, 0.25) is 5.91 Å². The van der Waals surface area contributed by atoms with Gasteiger partial charge in [0.05, 0.1) is 17.7 Å². The summed E-state index contributed by atoms with van der Waals surface area (Å²) < 4.78 is 0. The molecular formula is C28H35NO4. The first kappa shape index (κ1) is 24.7. The van der Waals surface area contributed by atoms with Gasteiger partial charge in [-0.05, 0) is 61.3 Å². The van der Waals surface area contributed by atoms with E-state index in [1.54, 1.807) is 24.3 Å². The van der Waals surface area contributed by atoms with Crippen molar-refractivity contribution < 1.29 is 19.8 Å². The third-order valence-electron chi connectivity index (χ3n) is 6.55. The van der Waals surface area contributed by atoms with Crippen LogP contribution in [0.4, 0.5) is 0 Å². The highest BCUT2D eigenvalue weighted by molar-refractivity contribution is 5.87. The third kappa shape index (κ3) is 7.57. The van der Waals surface area contributed by atoms with Crippen molar-refractivity contribution in [2.45, 2.75) is 64.0 Å². The number of carboxylic acids is 1. The first-order valence-electron chi connectivity index (χ1n) is 12.0. The normalized spacial score (nSPS) is 18.1. The lowest BCUT2D eigenvalue weighted by atomic mass is 9.95. The number of aliphatic hydroxyl groups excluding tert-OH is 1. The van der Waals surface area contributed by atoms with Crippen LogP contribution >= 0.6 is 0 Å². The molecule has 1 saturated heterocycles. The zero-order chi connectivity index (χ0) is 23.6. The maximum Gasteiger partial charge on any atom is 0.335 e. The van der Waals surface area contributed by atoms with Crippen LogP contribution in [0.5, 0.6) is 0 Å². The summed E-state index contributed by atoms with van der Waals surface area (Å²) in [5.41, 5.74) is 2.63. The van der Waals surface area contributed by atoms with E-state index in [9.17, 15) is 14.7 Å². The van der Waals surface area contributed by atoms with Crippen molar-refractivity contribution in [3.63, 3.8) is 0 Å². The van der Waals surface area contributed by atoms with Crippen LogP contribution in [0.2, 0.25) is 0 Å². The monoisotopic (exact) mass is 449 g/mol. The summed E-state index contributed by atoms with van der Waals surface area (Å²) in [5, 5.41) is 19.6. The fourth-order valence-corrected chi connectivity index (χ4v) is 4.35. The van der Waals surface area contributed by atoms with Crippen molar-refractivity contribution in [1.29, 1.82) is 0 Å². The van der Waals surface area contributed by atoms with Crippen molar-refractivity contribution in [2.24, 2.45) is 5.92 Å². The maximum atomic E-state index is 12.4. The molecule has 3 atom stereocenters. The van der Waals surface area contributed by atoms with E-state index in [0.29, 0.717) is 19.4 Å². The largest absolute Gasteiger partial charge is 0.478 e. The highest BCUT2D eigenvalue weighted by Gasteiger charge is 2.29. The van der Waals surface area contributed by atoms with Gasteiger partial charge in [-0.15, -0.1) is 0 Å². The van der Waals surface area contributed by atoms with Crippen LogP contribution in [0.3, 0.4) is 0 Å². The number of hydrogen-bond donors (Lipinski definition) is 2. The second-order valence-corrected chi connectivity index (χ2v) is 9.03. The van der Waals surface area contributed by atoms with Gasteiger partial charge in [-0.1, -0.05) is 68.0 Å². The molecule has 0 radical (unpaired) electrons. The Labute approximate surface area is 196 Å². The van der Waals surface area contributed by atoms with E-state index in [2.05, 4.69) is 31.2 Å². The van der Waals surface area contributed by atoms with Crippen LogP contribution in [-0.4, -0.2) is 45.7 Å². The van der Waals surface area contributed by atoms with E-state index in [-0.39, 0.29) is 23.4 Å². The van der Waals surface area contributed by atoms with E-state index in [1.807, 2.05) is 23.1 Å². The van der Waals surface area contributed by atoms with Crippen molar-refractivity contribution in [3.8, 4) is 0 Å². The molecule has 5 heteroatoms. The topological polar surface area (TPSA) is 77.8 Å². The number of aliphatic hydroxyl groups is 1. The number of nitrogens with zero attached hydrogens (tertiary/aromatic N) is 1. The zero-order valence-corrected chi connectivity index (χ0v) is 19.4. The van der Waals surface area contributed by atoms with E-state index in [0.717, 1.165) is 37.7 Å². The van der Waals surface area contributed by atoms with Gasteiger partial charge in [0.1, 0.15) is 0 Å². The minimum atomic E-state index is -0.939. The van der Waals surface area contributed by atoms with E-state index < -0.39 is 12.1 Å². The zero-order valence-electron chi connectivity index (χ0n) is 19.4. The Bertz CT molecular complexity index is 923. The second kappa shape index (κ2) is 12.4. The number of rotatable bonds is 12. The number of carbonyl (C=O) groups excluding carboxylic acids is 1. The SMILES string of the molecule is C[C@@H](CCCCc1ccccc1)[C@H](O)/C=C/[C@H]1CCC(=O)N1CCc1ccc(C(=O)O)cc1. The molecule has 2 aromatic rings. The molecule has 0 aromatic heterocycles. The molecule has 3 rings (SSSR count). The second-order valence-electron chi connectivity index (χ2n) is 9.03. The van der Waals surface area contributed by atoms with Crippen LogP contribution in [0.25, 0.3) is 0 Å². The van der Waals surface area contributed by atoms with Crippen LogP contribution in [0.15, 0.2) is 66.7 Å². The first-order chi connectivity index (χ1) is 15.9. The van der Waals surface area contributed by atoms with Crippen molar-refractivity contribution in [1.82, 2.24) is 4.90 Å². The van der Waals surface area contributed by atoms with Crippen molar-refractivity contribution in [2.75, 3.05) is 6.54 Å². The van der Waals surface area contributed by atoms with E-state index in [1.165, 1.54) is 5.56 Å². The van der Waals surface area contributed by atoms with Gasteiger partial charge in [-0.3, -0.25) is 4.79 Å². The molecule has 0 unspecified atom stereocenters. The summed E-state index contributed by atoms with van der Waals surface area (Å²) in [6, 6.07) is 17.3. The Morgan fingerprint density at radius 1 is 1.06 bits per heavy atom. The summed E-state index contributed by atoms with van der Waals surface area (Å²) >= 11 is 0. The molecular weight excluding hydrogens is 414 g/mol. The fraction of sp³-hybridized carbons (Fsp3) is 0.429. The molecule has 176 valence electrons. The van der Waals surface area contributed by atoms with Gasteiger partial charge in [0, 0.05) is 13.0 Å². The molecule has 0 spiro atoms. The fourth-order valence-electron chi connectivity index (χ4n) is 4.35. The smallest absolute Gasteiger partial charge is 0.335 e. The van der Waals surface area contributed by atoms with Gasteiger partial charge < -0.3 is 15.1 Å². The molecule has 1 aliphatic rings. The van der Waals surface area contributed by atoms with E-state index >= 15 is 0 Å². The number of amides is 1. The number of carboxylic acid groups (broad SMARTS) is 1. The lowest BCUT2D eigenvalue weighted by Gasteiger charge is -2.23. The highest BCUT2D eigenvalue weighted by atomic mass is 16.4. The molecule has 2 aromatic carbocycles. The number of benzene rings is 2. The van der Waals surface area contributed by atoms with Gasteiger partial charge in [-0.25, -0.2) is 4.79 Å². The van der Waals surface area contributed by atoms with Gasteiger partial charge in [0.25, 0.3) is 0 Å². The average Bonchev–Trinajstić information content (AvgIpc) is 3.18. The molecule has 2 N–H and O–H groups in total. The third-order valence-corrected chi connectivity index (χ3v) is 6.55. The lowest BCUT2D eigenvalue weighted by molar-refractivity contribution is -0.128. The van der Waals surface area contributed by atoms with Gasteiger partial charge in [-0.2, -0.15) is 0 Å². The molecule has 0 aliphatic carbocycles. The van der Waals surface area contributed by atoms with Crippen LogP contribution in [-0.2, 0) is 17.6 Å². The summed E-state index contributed by atoms with van der Waals surface area (Å²) in [7, 11) is 0. The Morgan fingerprint density at radius 2 is 1.76 bits per heavy atom. The molecule has 0 bridgehead atoms. The number of likely N-dealkylation sites (tertiary alicyclic amines) is 1. The van der Waals surface area contributed by atoms with Crippen LogP contribution in [0, 0.1) is 5.92 Å². The minimum absolute atomic E-state index is 0.00993. The quantitative estimate of drug-likeness (QED) is 0.357. The Morgan fingerprint density at radius 3 is 2.45 bits per heavy atom. The summed E-state index contributed by atoms with van der Waals surface area (Å²) in [6.45, 7) is 2.67. The summed E-state index contributed by atoms with van der Waals surface area (Å²) in [6.07, 6.45) is 9.54. The summed E-state index contributed by atoms with van der Waals surface area (Å²) in [4.78, 5) is 25.2. The molecule has 1 amide bonds. The maximum absolute atomic E-state index is 12.4. The molecule has 1 heterocycles. The molecule has 1 aliphatic heterocycles. The number of unbranched alkanes of at least 4 members (excludes halogenated alkanes) is 1. The molecule has 1 fully saturated rings. The number of aromatic carboxylic acids is 1. The van der Waals surface area contributed by atoms with E-state index in [4.69, 9.17) is 5.11 Å². The molecule has 33 heavy (non-hydrogen) atoms. The lowest BCUT2D eigenvalue weighted by Crippen LogP contribution is -2.34. The van der Waals surface area contributed by atoms with Gasteiger partial charge in [0.15, 0.2) is 0 Å². The minimum Gasteiger partial charge on any atom is -0.478 e. The Balaban J connectivity index is 1.43. The Hall–Kier alpha value is -2.92. The van der Waals surface area contributed by atoms with Crippen LogP contribution < -0.4 is 0 Å². The number of aryl methyl sites for hydroxylation is 1. The first-order valence-corrected chi connectivity index (χ1v) is 12.0.